The molecule has 158 valence electrons. The van der Waals surface area contributed by atoms with Crippen LogP contribution in [-0.4, -0.2) is 20.3 Å². The number of aromatic nitrogens is 2. The van der Waals surface area contributed by atoms with Crippen molar-refractivity contribution in [3.05, 3.63) is 99.6 Å². The fourth-order valence-electron chi connectivity index (χ4n) is 4.87. The van der Waals surface area contributed by atoms with Gasteiger partial charge in [0.25, 0.3) is 5.69 Å². The lowest BCUT2D eigenvalue weighted by molar-refractivity contribution is -0.384. The lowest BCUT2D eigenvalue weighted by Crippen LogP contribution is -2.33. The Hall–Kier alpha value is -4.20. The molecule has 1 aliphatic heterocycles. The molecular weight excluding hydrogens is 408 g/mol. The molecule has 0 saturated heterocycles. The number of non-ortho nitro benzene ring substituents is 1. The van der Waals surface area contributed by atoms with Crippen LogP contribution >= 0.6 is 0 Å². The van der Waals surface area contributed by atoms with Crippen molar-refractivity contribution < 1.29 is 14.1 Å². The lowest BCUT2D eigenvalue weighted by atomic mass is 9.79. The summed E-state index contributed by atoms with van der Waals surface area (Å²) in [6.07, 6.45) is 2.54. The van der Waals surface area contributed by atoms with E-state index in [-0.39, 0.29) is 17.4 Å². The zero-order chi connectivity index (χ0) is 21.8. The number of benzene rings is 2. The molecule has 1 N–H and O–H groups in total. The third-order valence-electron chi connectivity index (χ3n) is 6.24. The molecule has 2 aliphatic rings. The standard InChI is InChI=1S/C24H18N4O4/c29-20-13-15(21-9-4-10-32-21)12-18-22(20)23(14-5-3-6-16(11-14)28(30)31)27-19-8-2-1-7-17(19)25-24(27)26-18/h1-11,15,23H,12-13H2,(H,25,26). The Kier molecular flexibility index (Phi) is 4.01. The number of hydrogen-bond acceptors (Lipinski definition) is 6. The van der Waals surface area contributed by atoms with Crippen LogP contribution in [0.25, 0.3) is 11.0 Å². The van der Waals surface area contributed by atoms with Crippen LogP contribution in [0.4, 0.5) is 11.6 Å². The number of fused-ring (bicyclic) bond motifs is 3. The zero-order valence-corrected chi connectivity index (χ0v) is 16.9. The highest BCUT2D eigenvalue weighted by molar-refractivity contribution is 6.01. The van der Waals surface area contributed by atoms with E-state index in [1.54, 1.807) is 18.4 Å². The van der Waals surface area contributed by atoms with E-state index in [9.17, 15) is 14.9 Å². The second-order valence-corrected chi connectivity index (χ2v) is 8.11. The number of nitrogens with zero attached hydrogens (tertiary/aromatic N) is 3. The first kappa shape index (κ1) is 18.6. The first-order valence-electron chi connectivity index (χ1n) is 10.4. The van der Waals surface area contributed by atoms with Crippen molar-refractivity contribution in [3.63, 3.8) is 0 Å². The molecule has 2 aromatic carbocycles. The van der Waals surface area contributed by atoms with Crippen LogP contribution < -0.4 is 5.32 Å². The Morgan fingerprint density at radius 1 is 1.09 bits per heavy atom. The number of para-hydroxylation sites is 2. The summed E-state index contributed by atoms with van der Waals surface area (Å²) in [7, 11) is 0. The summed E-state index contributed by atoms with van der Waals surface area (Å²) in [5.74, 6) is 1.33. The molecule has 8 heteroatoms. The average Bonchev–Trinajstić information content (AvgIpc) is 3.45. The number of rotatable bonds is 3. The molecular formula is C24H18N4O4. The van der Waals surface area contributed by atoms with E-state index >= 15 is 0 Å². The molecule has 8 nitrogen and oxygen atoms in total. The highest BCUT2D eigenvalue weighted by Gasteiger charge is 2.40. The van der Waals surface area contributed by atoms with Crippen molar-refractivity contribution in [3.8, 4) is 0 Å². The highest BCUT2D eigenvalue weighted by atomic mass is 16.6. The Bertz CT molecular complexity index is 1420. The van der Waals surface area contributed by atoms with Crippen molar-refractivity contribution in [2.45, 2.75) is 24.8 Å². The van der Waals surface area contributed by atoms with Crippen LogP contribution in [0.2, 0.25) is 0 Å². The van der Waals surface area contributed by atoms with Gasteiger partial charge in [-0.05, 0) is 36.2 Å². The first-order chi connectivity index (χ1) is 15.6. The third-order valence-corrected chi connectivity index (χ3v) is 6.24. The van der Waals surface area contributed by atoms with Gasteiger partial charge in [0.05, 0.1) is 28.3 Å². The number of allylic oxidation sites excluding steroid dienone is 2. The number of carbonyl (C=O) groups excluding carboxylic acids is 1. The van der Waals surface area contributed by atoms with Gasteiger partial charge in [0.1, 0.15) is 5.76 Å². The Labute approximate surface area is 182 Å². The molecule has 32 heavy (non-hydrogen) atoms. The van der Waals surface area contributed by atoms with Gasteiger partial charge in [-0.3, -0.25) is 19.5 Å². The fourth-order valence-corrected chi connectivity index (χ4v) is 4.87. The topological polar surface area (TPSA) is 103 Å². The number of ketones is 1. The summed E-state index contributed by atoms with van der Waals surface area (Å²) < 4.78 is 7.54. The third kappa shape index (κ3) is 2.76. The smallest absolute Gasteiger partial charge is 0.269 e. The molecule has 1 aliphatic carbocycles. The number of anilines is 1. The van der Waals surface area contributed by atoms with Crippen LogP contribution in [-0.2, 0) is 4.79 Å². The summed E-state index contributed by atoms with van der Waals surface area (Å²) in [4.78, 5) is 29.3. The molecule has 0 amide bonds. The first-order valence-corrected chi connectivity index (χ1v) is 10.4. The second-order valence-electron chi connectivity index (χ2n) is 8.11. The average molecular weight is 426 g/mol. The summed E-state index contributed by atoms with van der Waals surface area (Å²) >= 11 is 0. The molecule has 4 aromatic rings. The van der Waals surface area contributed by atoms with Crippen molar-refractivity contribution in [2.75, 3.05) is 5.32 Å². The van der Waals surface area contributed by atoms with Crippen molar-refractivity contribution in [1.82, 2.24) is 9.55 Å². The molecule has 0 fully saturated rings. The van der Waals surface area contributed by atoms with Gasteiger partial charge < -0.3 is 9.73 Å². The number of nitro groups is 1. The number of Topliss-reactive ketones (excluding diaryl/α,β-unsaturated/α-hetero) is 1. The van der Waals surface area contributed by atoms with E-state index in [1.165, 1.54) is 6.07 Å². The Morgan fingerprint density at radius 2 is 1.97 bits per heavy atom. The highest BCUT2D eigenvalue weighted by Crippen LogP contribution is 2.46. The van der Waals surface area contributed by atoms with E-state index in [1.807, 2.05) is 47.0 Å². The van der Waals surface area contributed by atoms with Gasteiger partial charge in [-0.1, -0.05) is 24.3 Å². The minimum Gasteiger partial charge on any atom is -0.469 e. The van der Waals surface area contributed by atoms with E-state index in [0.717, 1.165) is 22.5 Å². The van der Waals surface area contributed by atoms with E-state index in [0.29, 0.717) is 29.9 Å². The van der Waals surface area contributed by atoms with Gasteiger partial charge in [-0.15, -0.1) is 0 Å². The molecule has 0 spiro atoms. The Balaban J connectivity index is 1.56. The quantitative estimate of drug-likeness (QED) is 0.367. The van der Waals surface area contributed by atoms with Crippen molar-refractivity contribution >= 4 is 28.5 Å². The number of hydrogen-bond donors (Lipinski definition) is 1. The zero-order valence-electron chi connectivity index (χ0n) is 16.9. The SMILES string of the molecule is O=C1CC(c2ccco2)CC2=C1C(c1cccc([N+](=O)[O-])c1)n1c(nc3ccccc31)N2. The van der Waals surface area contributed by atoms with Crippen LogP contribution in [0.5, 0.6) is 0 Å². The van der Waals surface area contributed by atoms with E-state index in [2.05, 4.69) is 5.32 Å². The lowest BCUT2D eigenvalue weighted by Gasteiger charge is -2.35. The number of carbonyl (C=O) groups is 1. The molecule has 0 bridgehead atoms. The maximum atomic E-state index is 13.5. The van der Waals surface area contributed by atoms with Crippen LogP contribution in [0.15, 0.2) is 82.6 Å². The summed E-state index contributed by atoms with van der Waals surface area (Å²) in [6.45, 7) is 0. The molecule has 0 radical (unpaired) electrons. The maximum Gasteiger partial charge on any atom is 0.269 e. The van der Waals surface area contributed by atoms with Gasteiger partial charge in [-0.2, -0.15) is 0 Å². The van der Waals surface area contributed by atoms with Crippen molar-refractivity contribution in [1.29, 1.82) is 0 Å². The summed E-state index contributed by atoms with van der Waals surface area (Å²) in [5.41, 5.74) is 3.75. The molecule has 3 heterocycles. The number of nitro benzene ring substituents is 1. The van der Waals surface area contributed by atoms with Gasteiger partial charge in [0.15, 0.2) is 5.78 Å². The largest absolute Gasteiger partial charge is 0.469 e. The van der Waals surface area contributed by atoms with Crippen molar-refractivity contribution in [2.24, 2.45) is 0 Å². The second kappa shape index (κ2) is 6.91. The summed E-state index contributed by atoms with van der Waals surface area (Å²) in [6, 6.07) is 17.4. The van der Waals surface area contributed by atoms with Crippen LogP contribution in [0.3, 0.4) is 0 Å². The summed E-state index contributed by atoms with van der Waals surface area (Å²) in [5, 5.41) is 14.8. The van der Waals surface area contributed by atoms with Gasteiger partial charge in [0, 0.05) is 35.7 Å². The number of imidazole rings is 1. The van der Waals surface area contributed by atoms with Gasteiger partial charge >= 0.3 is 0 Å². The normalized spacial score (nSPS) is 20.1. The Morgan fingerprint density at radius 3 is 2.78 bits per heavy atom. The number of furan rings is 1. The molecule has 2 atom stereocenters. The minimum atomic E-state index is -0.501. The maximum absolute atomic E-state index is 13.5. The van der Waals surface area contributed by atoms with E-state index in [4.69, 9.17) is 9.40 Å². The predicted molar refractivity (Wildman–Crippen MR) is 117 cm³/mol. The minimum absolute atomic E-state index is 0.0000808. The molecule has 2 unspecified atom stereocenters. The fraction of sp³-hybridized carbons (Fsp3) is 0.167. The van der Waals surface area contributed by atoms with E-state index < -0.39 is 11.0 Å². The van der Waals surface area contributed by atoms with Gasteiger partial charge in [0.2, 0.25) is 5.95 Å². The predicted octanol–water partition coefficient (Wildman–Crippen LogP) is 4.95. The van der Waals surface area contributed by atoms with Crippen LogP contribution in [0.1, 0.15) is 36.1 Å². The monoisotopic (exact) mass is 426 g/mol. The molecule has 0 saturated carbocycles. The molecule has 2 aromatic heterocycles. The van der Waals surface area contributed by atoms with Crippen LogP contribution in [0, 0.1) is 10.1 Å². The van der Waals surface area contributed by atoms with Gasteiger partial charge in [-0.25, -0.2) is 4.98 Å². The number of nitrogens with one attached hydrogen (secondary N) is 1. The molecule has 6 rings (SSSR count).